The third-order valence-corrected chi connectivity index (χ3v) is 4.39. The molecule has 0 radical (unpaired) electrons. The molecule has 1 heterocycles. The highest BCUT2D eigenvalue weighted by Crippen LogP contribution is 2.25. The predicted octanol–water partition coefficient (Wildman–Crippen LogP) is 3.16. The number of nitro groups is 1. The number of nitro benzene ring substituents is 1. The molecule has 1 aliphatic heterocycles. The average Bonchev–Trinajstić information content (AvgIpc) is 3.08. The first-order valence-corrected chi connectivity index (χ1v) is 8.67. The number of nitrogens with one attached hydrogen (secondary N) is 2. The fourth-order valence-electron chi connectivity index (χ4n) is 2.95. The monoisotopic (exact) mass is 368 g/mol. The molecule has 1 saturated heterocycles. The summed E-state index contributed by atoms with van der Waals surface area (Å²) in [6, 6.07) is 12.7. The van der Waals surface area contributed by atoms with Crippen molar-refractivity contribution in [3.63, 3.8) is 0 Å². The van der Waals surface area contributed by atoms with Gasteiger partial charge >= 0.3 is 0 Å². The highest BCUT2D eigenvalue weighted by Gasteiger charge is 2.22. The summed E-state index contributed by atoms with van der Waals surface area (Å²) in [6.45, 7) is 2.39. The first-order valence-electron chi connectivity index (χ1n) is 8.67. The van der Waals surface area contributed by atoms with E-state index in [0.29, 0.717) is 6.42 Å². The van der Waals surface area contributed by atoms with Gasteiger partial charge in [0.05, 0.1) is 4.92 Å². The van der Waals surface area contributed by atoms with E-state index in [1.54, 1.807) is 36.1 Å². The molecule has 8 heteroatoms. The average molecular weight is 368 g/mol. The second-order valence-corrected chi connectivity index (χ2v) is 6.33. The van der Waals surface area contributed by atoms with E-state index >= 15 is 0 Å². The van der Waals surface area contributed by atoms with Gasteiger partial charge in [0.15, 0.2) is 0 Å². The van der Waals surface area contributed by atoms with E-state index in [0.717, 1.165) is 24.3 Å². The number of benzene rings is 2. The number of hydrogen-bond donors (Lipinski definition) is 2. The maximum absolute atomic E-state index is 12.4. The number of carbonyl (C=O) groups excluding carboxylic acids is 2. The normalized spacial score (nSPS) is 14.7. The Morgan fingerprint density at radius 3 is 2.52 bits per heavy atom. The molecule has 0 saturated carbocycles. The minimum atomic E-state index is -0.607. The summed E-state index contributed by atoms with van der Waals surface area (Å²) in [5.41, 5.74) is 1.55. The van der Waals surface area contributed by atoms with E-state index in [1.165, 1.54) is 12.1 Å². The van der Waals surface area contributed by atoms with Crippen molar-refractivity contribution >= 4 is 34.6 Å². The number of amides is 2. The second kappa shape index (κ2) is 7.86. The third-order valence-electron chi connectivity index (χ3n) is 4.39. The van der Waals surface area contributed by atoms with Gasteiger partial charge in [0.2, 0.25) is 11.8 Å². The number of anilines is 3. The van der Waals surface area contributed by atoms with Crippen LogP contribution in [0.3, 0.4) is 0 Å². The van der Waals surface area contributed by atoms with Crippen molar-refractivity contribution < 1.29 is 14.5 Å². The molecule has 0 bridgehead atoms. The fraction of sp³-hybridized carbons (Fsp3) is 0.263. The zero-order valence-corrected chi connectivity index (χ0v) is 14.8. The highest BCUT2D eigenvalue weighted by molar-refractivity contribution is 5.98. The van der Waals surface area contributed by atoms with E-state index in [9.17, 15) is 19.7 Å². The summed E-state index contributed by atoms with van der Waals surface area (Å²) in [6.07, 6.45) is 1.44. The summed E-state index contributed by atoms with van der Waals surface area (Å²) in [7, 11) is 0. The largest absolute Gasteiger partial charge is 0.374 e. The Balaban J connectivity index is 1.63. The zero-order valence-electron chi connectivity index (χ0n) is 14.8. The molecule has 1 aliphatic rings. The van der Waals surface area contributed by atoms with Crippen molar-refractivity contribution in [2.75, 3.05) is 22.1 Å². The molecule has 2 aromatic carbocycles. The Hall–Kier alpha value is -3.42. The molecule has 2 amide bonds. The lowest BCUT2D eigenvalue weighted by atomic mass is 10.2. The van der Waals surface area contributed by atoms with E-state index in [-0.39, 0.29) is 23.2 Å². The van der Waals surface area contributed by atoms with Gasteiger partial charge < -0.3 is 15.5 Å². The van der Waals surface area contributed by atoms with Crippen molar-refractivity contribution in [3.05, 3.63) is 58.6 Å². The van der Waals surface area contributed by atoms with Crippen LogP contribution in [0.4, 0.5) is 22.7 Å². The Kier molecular flexibility index (Phi) is 5.35. The second-order valence-electron chi connectivity index (χ2n) is 6.33. The Bertz CT molecular complexity index is 866. The van der Waals surface area contributed by atoms with Crippen LogP contribution in [0.2, 0.25) is 0 Å². The van der Waals surface area contributed by atoms with Crippen LogP contribution in [0.5, 0.6) is 0 Å². The minimum Gasteiger partial charge on any atom is -0.374 e. The van der Waals surface area contributed by atoms with Gasteiger partial charge in [0.25, 0.3) is 5.69 Å². The van der Waals surface area contributed by atoms with Gasteiger partial charge in [-0.2, -0.15) is 0 Å². The van der Waals surface area contributed by atoms with Crippen molar-refractivity contribution in [1.82, 2.24) is 0 Å². The summed E-state index contributed by atoms with van der Waals surface area (Å²) in [5, 5.41) is 16.7. The van der Waals surface area contributed by atoms with Crippen molar-refractivity contribution in [2.24, 2.45) is 0 Å². The van der Waals surface area contributed by atoms with Crippen LogP contribution >= 0.6 is 0 Å². The molecular formula is C19H20N4O4. The van der Waals surface area contributed by atoms with E-state index in [1.807, 2.05) is 12.1 Å². The van der Waals surface area contributed by atoms with Gasteiger partial charge in [0, 0.05) is 30.4 Å². The smallest absolute Gasteiger partial charge is 0.292 e. The van der Waals surface area contributed by atoms with Gasteiger partial charge in [-0.05, 0) is 43.7 Å². The van der Waals surface area contributed by atoms with Gasteiger partial charge in [-0.25, -0.2) is 0 Å². The quantitative estimate of drug-likeness (QED) is 0.602. The van der Waals surface area contributed by atoms with Gasteiger partial charge in [0.1, 0.15) is 11.7 Å². The Morgan fingerprint density at radius 1 is 1.19 bits per heavy atom. The lowest BCUT2D eigenvalue weighted by molar-refractivity contribution is -0.383. The first kappa shape index (κ1) is 18.4. The van der Waals surface area contributed by atoms with E-state index in [4.69, 9.17) is 0 Å². The fourth-order valence-corrected chi connectivity index (χ4v) is 2.95. The maximum Gasteiger partial charge on any atom is 0.292 e. The molecule has 3 rings (SSSR count). The molecule has 1 unspecified atom stereocenters. The van der Waals surface area contributed by atoms with Gasteiger partial charge in [-0.3, -0.25) is 19.7 Å². The number of para-hydroxylation sites is 2. The van der Waals surface area contributed by atoms with Crippen molar-refractivity contribution in [3.8, 4) is 0 Å². The van der Waals surface area contributed by atoms with E-state index in [2.05, 4.69) is 10.6 Å². The van der Waals surface area contributed by atoms with Crippen LogP contribution in [-0.4, -0.2) is 29.3 Å². The molecule has 27 heavy (non-hydrogen) atoms. The SMILES string of the molecule is CC(Nc1ccc(N2CCCC2=O)cc1)C(=O)Nc1ccccc1[N+](=O)[O-]. The topological polar surface area (TPSA) is 105 Å². The number of hydrogen-bond acceptors (Lipinski definition) is 5. The van der Waals surface area contributed by atoms with E-state index < -0.39 is 11.0 Å². The molecule has 8 nitrogen and oxygen atoms in total. The number of nitrogens with zero attached hydrogens (tertiary/aromatic N) is 2. The van der Waals surface area contributed by atoms with Crippen LogP contribution in [0.15, 0.2) is 48.5 Å². The van der Waals surface area contributed by atoms with Crippen LogP contribution < -0.4 is 15.5 Å². The lowest BCUT2D eigenvalue weighted by Crippen LogP contribution is -2.32. The van der Waals surface area contributed by atoms with Gasteiger partial charge in [-0.15, -0.1) is 0 Å². The zero-order chi connectivity index (χ0) is 19.4. The summed E-state index contributed by atoms with van der Waals surface area (Å²) < 4.78 is 0. The lowest BCUT2D eigenvalue weighted by Gasteiger charge is -2.18. The molecule has 140 valence electrons. The molecule has 2 N–H and O–H groups in total. The van der Waals surface area contributed by atoms with Crippen molar-refractivity contribution in [2.45, 2.75) is 25.8 Å². The summed E-state index contributed by atoms with van der Waals surface area (Å²) >= 11 is 0. The Labute approximate surface area is 156 Å². The minimum absolute atomic E-state index is 0.118. The third kappa shape index (κ3) is 4.22. The van der Waals surface area contributed by atoms with Crippen LogP contribution in [-0.2, 0) is 9.59 Å². The summed E-state index contributed by atoms with van der Waals surface area (Å²) in [5.74, 6) is -0.268. The molecular weight excluding hydrogens is 348 g/mol. The predicted molar refractivity (Wildman–Crippen MR) is 103 cm³/mol. The van der Waals surface area contributed by atoms with Crippen LogP contribution in [0, 0.1) is 10.1 Å². The van der Waals surface area contributed by atoms with Crippen LogP contribution in [0.1, 0.15) is 19.8 Å². The summed E-state index contributed by atoms with van der Waals surface area (Å²) in [4.78, 5) is 36.4. The highest BCUT2D eigenvalue weighted by atomic mass is 16.6. The Morgan fingerprint density at radius 2 is 1.89 bits per heavy atom. The maximum atomic E-state index is 12.4. The standard InChI is InChI=1S/C19H20N4O4/c1-13(19(25)21-16-5-2-3-6-17(16)23(26)27)20-14-8-10-15(11-9-14)22-12-4-7-18(22)24/h2-3,5-6,8-11,13,20H,4,7,12H2,1H3,(H,21,25). The molecule has 0 aromatic heterocycles. The molecule has 1 fully saturated rings. The molecule has 0 aliphatic carbocycles. The molecule has 0 spiro atoms. The number of carbonyl (C=O) groups is 2. The first-order chi connectivity index (χ1) is 13.0. The molecule has 2 aromatic rings. The molecule has 1 atom stereocenters. The van der Waals surface area contributed by atoms with Crippen LogP contribution in [0.25, 0.3) is 0 Å². The number of rotatable bonds is 6. The van der Waals surface area contributed by atoms with Crippen molar-refractivity contribution in [1.29, 1.82) is 0 Å². The van der Waals surface area contributed by atoms with Gasteiger partial charge in [-0.1, -0.05) is 12.1 Å².